The minimum absolute atomic E-state index is 0.0994. The van der Waals surface area contributed by atoms with Crippen LogP contribution >= 0.6 is 0 Å². The van der Waals surface area contributed by atoms with Gasteiger partial charge in [0.25, 0.3) is 0 Å². The van der Waals surface area contributed by atoms with Crippen LogP contribution in [0.15, 0.2) is 18.2 Å². The van der Waals surface area contributed by atoms with Gasteiger partial charge in [-0.1, -0.05) is 26.0 Å². The van der Waals surface area contributed by atoms with Crippen LogP contribution in [0.25, 0.3) is 0 Å². The van der Waals surface area contributed by atoms with E-state index in [1.54, 1.807) is 0 Å². The monoisotopic (exact) mass is 358 g/mol. The zero-order valence-corrected chi connectivity index (χ0v) is 15.9. The van der Waals surface area contributed by atoms with Gasteiger partial charge in [-0.2, -0.15) is 0 Å². The summed E-state index contributed by atoms with van der Waals surface area (Å²) in [7, 11) is 0. The van der Waals surface area contributed by atoms with Gasteiger partial charge >= 0.3 is 0 Å². The van der Waals surface area contributed by atoms with Gasteiger partial charge in [0.2, 0.25) is 11.8 Å². The lowest BCUT2D eigenvalue weighted by molar-refractivity contribution is -0.133. The number of hydrogen-bond donors (Lipinski definition) is 1. The largest absolute Gasteiger partial charge is 0.491 e. The van der Waals surface area contributed by atoms with E-state index in [-0.39, 0.29) is 17.7 Å². The van der Waals surface area contributed by atoms with E-state index in [4.69, 9.17) is 4.74 Å². The highest BCUT2D eigenvalue weighted by molar-refractivity contribution is 5.81. The molecule has 1 saturated carbocycles. The van der Waals surface area contributed by atoms with E-state index >= 15 is 0 Å². The standard InChI is InChI=1S/C21H30N2O3/c1-15(2)9-10-22-20(24)8-4-16-3-7-19-18(13-16)14-23(11-12-26-19)21(25)17-5-6-17/h3,7,13,15,17H,4-6,8-12,14H2,1-2H3,(H,22,24). The smallest absolute Gasteiger partial charge is 0.226 e. The van der Waals surface area contributed by atoms with E-state index < -0.39 is 0 Å². The summed E-state index contributed by atoms with van der Waals surface area (Å²) < 4.78 is 5.81. The van der Waals surface area contributed by atoms with Crippen LogP contribution in [0.5, 0.6) is 5.75 Å². The summed E-state index contributed by atoms with van der Waals surface area (Å²) in [5, 5.41) is 2.98. The van der Waals surface area contributed by atoms with Crippen LogP contribution in [-0.2, 0) is 22.6 Å². The highest BCUT2D eigenvalue weighted by atomic mass is 16.5. The number of aryl methyl sites for hydroxylation is 1. The quantitative estimate of drug-likeness (QED) is 0.815. The van der Waals surface area contributed by atoms with Crippen LogP contribution in [0, 0.1) is 11.8 Å². The van der Waals surface area contributed by atoms with Crippen LogP contribution in [0.2, 0.25) is 0 Å². The maximum Gasteiger partial charge on any atom is 0.226 e. The molecule has 1 aromatic carbocycles. The number of hydrogen-bond acceptors (Lipinski definition) is 3. The minimum Gasteiger partial charge on any atom is -0.491 e. The molecule has 3 rings (SSSR count). The second-order valence-electron chi connectivity index (χ2n) is 7.86. The van der Waals surface area contributed by atoms with Gasteiger partial charge < -0.3 is 15.0 Å². The summed E-state index contributed by atoms with van der Waals surface area (Å²) >= 11 is 0. The maximum absolute atomic E-state index is 12.4. The Morgan fingerprint density at radius 1 is 1.31 bits per heavy atom. The van der Waals surface area contributed by atoms with Crippen LogP contribution in [0.3, 0.4) is 0 Å². The average Bonchev–Trinajstić information content (AvgIpc) is 3.45. The van der Waals surface area contributed by atoms with Gasteiger partial charge in [-0.05, 0) is 43.2 Å². The minimum atomic E-state index is 0.0994. The molecule has 1 heterocycles. The van der Waals surface area contributed by atoms with Crippen molar-refractivity contribution in [3.63, 3.8) is 0 Å². The first-order valence-corrected chi connectivity index (χ1v) is 9.83. The first-order valence-electron chi connectivity index (χ1n) is 9.83. The molecule has 0 unspecified atom stereocenters. The number of fused-ring (bicyclic) bond motifs is 1. The van der Waals surface area contributed by atoms with E-state index in [1.165, 1.54) is 0 Å². The Balaban J connectivity index is 1.55. The van der Waals surface area contributed by atoms with Crippen molar-refractivity contribution in [2.24, 2.45) is 11.8 Å². The molecule has 2 amide bonds. The van der Waals surface area contributed by atoms with E-state index in [0.29, 0.717) is 38.5 Å². The molecule has 0 radical (unpaired) electrons. The molecule has 1 aliphatic carbocycles. The Kier molecular flexibility index (Phi) is 6.17. The number of nitrogens with one attached hydrogen (secondary N) is 1. The van der Waals surface area contributed by atoms with Crippen molar-refractivity contribution in [1.29, 1.82) is 0 Å². The summed E-state index contributed by atoms with van der Waals surface area (Å²) in [5.41, 5.74) is 2.17. The van der Waals surface area contributed by atoms with Gasteiger partial charge in [-0.25, -0.2) is 0 Å². The Bertz CT molecular complexity index is 653. The molecular weight excluding hydrogens is 328 g/mol. The molecule has 1 aliphatic heterocycles. The van der Waals surface area contributed by atoms with Crippen molar-refractivity contribution >= 4 is 11.8 Å². The van der Waals surface area contributed by atoms with Gasteiger partial charge in [0, 0.05) is 31.0 Å². The van der Waals surface area contributed by atoms with Gasteiger partial charge in [0.15, 0.2) is 0 Å². The molecule has 2 aliphatic rings. The lowest BCUT2D eigenvalue weighted by atomic mass is 10.0. The highest BCUT2D eigenvalue weighted by Gasteiger charge is 2.34. The van der Waals surface area contributed by atoms with Crippen molar-refractivity contribution in [1.82, 2.24) is 10.2 Å². The summed E-state index contributed by atoms with van der Waals surface area (Å²) in [6.07, 6.45) is 4.25. The second kappa shape index (κ2) is 8.56. The molecule has 0 aromatic heterocycles. The summed E-state index contributed by atoms with van der Waals surface area (Å²) in [5.74, 6) is 2.05. The number of nitrogens with zero attached hydrogens (tertiary/aromatic N) is 1. The van der Waals surface area contributed by atoms with E-state index in [2.05, 4.69) is 25.2 Å². The molecule has 5 nitrogen and oxygen atoms in total. The van der Waals surface area contributed by atoms with Crippen molar-refractivity contribution in [3.8, 4) is 5.75 Å². The summed E-state index contributed by atoms with van der Waals surface area (Å²) in [6.45, 7) is 6.86. The van der Waals surface area contributed by atoms with Gasteiger partial charge in [-0.15, -0.1) is 0 Å². The van der Waals surface area contributed by atoms with Crippen LogP contribution in [0.1, 0.15) is 50.7 Å². The topological polar surface area (TPSA) is 58.6 Å². The number of ether oxygens (including phenoxy) is 1. The summed E-state index contributed by atoms with van der Waals surface area (Å²) in [4.78, 5) is 26.3. The number of carbonyl (C=O) groups excluding carboxylic acids is 2. The number of rotatable bonds is 7. The van der Waals surface area contributed by atoms with E-state index in [9.17, 15) is 9.59 Å². The maximum atomic E-state index is 12.4. The third-order valence-electron chi connectivity index (χ3n) is 5.03. The van der Waals surface area contributed by atoms with Gasteiger partial charge in [-0.3, -0.25) is 9.59 Å². The summed E-state index contributed by atoms with van der Waals surface area (Å²) in [6, 6.07) is 6.10. The fraction of sp³-hybridized carbons (Fsp3) is 0.619. The normalized spacial score (nSPS) is 16.7. The zero-order chi connectivity index (χ0) is 18.5. The third-order valence-corrected chi connectivity index (χ3v) is 5.03. The van der Waals surface area contributed by atoms with Gasteiger partial charge in [0.1, 0.15) is 12.4 Å². The first kappa shape index (κ1) is 18.7. The molecular formula is C21H30N2O3. The molecule has 0 saturated heterocycles. The molecule has 0 spiro atoms. The predicted molar refractivity (Wildman–Crippen MR) is 101 cm³/mol. The second-order valence-corrected chi connectivity index (χ2v) is 7.86. The molecule has 1 N–H and O–H groups in total. The average molecular weight is 358 g/mol. The Morgan fingerprint density at radius 2 is 2.12 bits per heavy atom. The molecule has 26 heavy (non-hydrogen) atoms. The molecule has 0 atom stereocenters. The Labute approximate surface area is 156 Å². The lowest BCUT2D eigenvalue weighted by Gasteiger charge is -2.19. The first-order chi connectivity index (χ1) is 12.5. The van der Waals surface area contributed by atoms with E-state index in [0.717, 1.165) is 42.7 Å². The lowest BCUT2D eigenvalue weighted by Crippen LogP contribution is -2.33. The van der Waals surface area contributed by atoms with Crippen molar-refractivity contribution < 1.29 is 14.3 Å². The number of amides is 2. The molecule has 142 valence electrons. The van der Waals surface area contributed by atoms with Crippen molar-refractivity contribution in [2.45, 2.75) is 52.5 Å². The highest BCUT2D eigenvalue weighted by Crippen LogP contribution is 2.33. The number of benzene rings is 1. The van der Waals surface area contributed by atoms with Crippen molar-refractivity contribution in [2.75, 3.05) is 19.7 Å². The zero-order valence-electron chi connectivity index (χ0n) is 15.9. The SMILES string of the molecule is CC(C)CCNC(=O)CCc1ccc2c(c1)CN(C(=O)C1CC1)CCO2. The fourth-order valence-electron chi connectivity index (χ4n) is 3.23. The Morgan fingerprint density at radius 3 is 2.85 bits per heavy atom. The van der Waals surface area contributed by atoms with Crippen molar-refractivity contribution in [3.05, 3.63) is 29.3 Å². The van der Waals surface area contributed by atoms with Crippen LogP contribution in [0.4, 0.5) is 0 Å². The molecule has 1 aromatic rings. The Hall–Kier alpha value is -2.04. The van der Waals surface area contributed by atoms with Gasteiger partial charge in [0.05, 0.1) is 6.54 Å². The molecule has 1 fully saturated rings. The van der Waals surface area contributed by atoms with Crippen LogP contribution in [-0.4, -0.2) is 36.4 Å². The predicted octanol–water partition coefficient (Wildman–Crippen LogP) is 2.91. The molecule has 0 bridgehead atoms. The third kappa shape index (κ3) is 5.23. The van der Waals surface area contributed by atoms with Crippen LogP contribution < -0.4 is 10.1 Å². The van der Waals surface area contributed by atoms with E-state index in [1.807, 2.05) is 17.0 Å². The number of carbonyl (C=O) groups is 2. The fourth-order valence-corrected chi connectivity index (χ4v) is 3.23. The molecule has 5 heteroatoms.